The van der Waals surface area contributed by atoms with Crippen LogP contribution in [0.2, 0.25) is 0 Å². The summed E-state index contributed by atoms with van der Waals surface area (Å²) in [5, 5.41) is 8.03. The number of ether oxygens (including phenoxy) is 1. The Morgan fingerprint density at radius 1 is 1.69 bits per heavy atom. The summed E-state index contributed by atoms with van der Waals surface area (Å²) in [5.41, 5.74) is 0. The Morgan fingerprint density at radius 2 is 2.31 bits per heavy atom. The first-order valence-corrected chi connectivity index (χ1v) is 5.43. The average Bonchev–Trinajstić information content (AvgIpc) is 2.04. The van der Waals surface area contributed by atoms with Crippen molar-refractivity contribution in [2.45, 2.75) is 31.9 Å². The van der Waals surface area contributed by atoms with Crippen molar-refractivity contribution in [2.75, 3.05) is 6.61 Å². The Balaban J connectivity index is 3.56. The van der Waals surface area contributed by atoms with Gasteiger partial charge in [0.2, 0.25) is 4.38 Å². The zero-order valence-corrected chi connectivity index (χ0v) is 9.41. The fourth-order valence-electron chi connectivity index (χ4n) is 0.529. The number of hydrogen-bond acceptors (Lipinski definition) is 4. The van der Waals surface area contributed by atoms with Crippen molar-refractivity contribution in [3.63, 3.8) is 0 Å². The van der Waals surface area contributed by atoms with E-state index >= 15 is 0 Å². The van der Waals surface area contributed by atoms with Crippen LogP contribution >= 0.6 is 24.0 Å². The first-order chi connectivity index (χ1) is 6.07. The van der Waals surface area contributed by atoms with Gasteiger partial charge in [0.25, 0.3) is 0 Å². The number of carboxylic acids is 1. The molecule has 1 atom stereocenters. The number of thioether (sulfide) groups is 1. The van der Waals surface area contributed by atoms with Crippen LogP contribution in [-0.4, -0.2) is 27.3 Å². The summed E-state index contributed by atoms with van der Waals surface area (Å²) in [7, 11) is 0. The number of rotatable bonds is 5. The maximum absolute atomic E-state index is 10.4. The van der Waals surface area contributed by atoms with Crippen molar-refractivity contribution < 1.29 is 14.6 Å². The van der Waals surface area contributed by atoms with Gasteiger partial charge in [-0.25, -0.2) is 0 Å². The normalized spacial score (nSPS) is 12.2. The summed E-state index contributed by atoms with van der Waals surface area (Å²) >= 11 is 5.91. The van der Waals surface area contributed by atoms with Crippen LogP contribution in [0.25, 0.3) is 0 Å². The van der Waals surface area contributed by atoms with Gasteiger partial charge in [0.05, 0.1) is 6.61 Å². The maximum Gasteiger partial charge on any atom is 0.316 e. The second-order valence-electron chi connectivity index (χ2n) is 2.55. The van der Waals surface area contributed by atoms with E-state index in [0.717, 1.165) is 24.6 Å². The van der Waals surface area contributed by atoms with Gasteiger partial charge in [-0.15, -0.1) is 0 Å². The number of thiocarbonyl (C=S) groups is 1. The van der Waals surface area contributed by atoms with Gasteiger partial charge >= 0.3 is 5.97 Å². The Morgan fingerprint density at radius 3 is 2.77 bits per heavy atom. The van der Waals surface area contributed by atoms with Crippen LogP contribution in [0.5, 0.6) is 0 Å². The van der Waals surface area contributed by atoms with Gasteiger partial charge < -0.3 is 9.84 Å². The van der Waals surface area contributed by atoms with Crippen LogP contribution in [-0.2, 0) is 9.53 Å². The highest BCUT2D eigenvalue weighted by molar-refractivity contribution is 8.23. The zero-order valence-electron chi connectivity index (χ0n) is 7.78. The van der Waals surface area contributed by atoms with Crippen molar-refractivity contribution in [3.05, 3.63) is 0 Å². The summed E-state index contributed by atoms with van der Waals surface area (Å²) < 4.78 is 5.46. The molecule has 3 nitrogen and oxygen atoms in total. The largest absolute Gasteiger partial charge is 0.480 e. The van der Waals surface area contributed by atoms with Gasteiger partial charge in [-0.1, -0.05) is 25.1 Å². The molecule has 0 rings (SSSR count). The molecule has 13 heavy (non-hydrogen) atoms. The smallest absolute Gasteiger partial charge is 0.316 e. The fourth-order valence-corrected chi connectivity index (χ4v) is 1.59. The predicted molar refractivity (Wildman–Crippen MR) is 58.1 cm³/mol. The Bertz CT molecular complexity index is 182. The van der Waals surface area contributed by atoms with E-state index in [1.165, 1.54) is 0 Å². The molecule has 5 heteroatoms. The predicted octanol–water partition coefficient (Wildman–Crippen LogP) is 2.29. The molecule has 0 aromatic heterocycles. The lowest BCUT2D eigenvalue weighted by molar-refractivity contribution is -0.136. The Kier molecular flexibility index (Phi) is 6.99. The average molecular weight is 222 g/mol. The Hall–Kier alpha value is -0.290. The second kappa shape index (κ2) is 7.15. The van der Waals surface area contributed by atoms with Crippen molar-refractivity contribution in [2.24, 2.45) is 0 Å². The summed E-state index contributed by atoms with van der Waals surface area (Å²) in [6, 6.07) is 0. The highest BCUT2D eigenvalue weighted by atomic mass is 32.2. The first kappa shape index (κ1) is 12.7. The lowest BCUT2D eigenvalue weighted by Crippen LogP contribution is -2.14. The molecule has 0 aromatic carbocycles. The second-order valence-corrected chi connectivity index (χ2v) is 4.49. The quantitative estimate of drug-likeness (QED) is 0.571. The molecule has 0 radical (unpaired) electrons. The first-order valence-electron chi connectivity index (χ1n) is 4.14. The molecule has 0 fully saturated rings. The number of hydrogen-bond donors (Lipinski definition) is 1. The maximum atomic E-state index is 10.4. The fraction of sp³-hybridized carbons (Fsp3) is 0.750. The number of unbranched alkanes of at least 4 members (excludes halogenated alkanes) is 1. The van der Waals surface area contributed by atoms with E-state index < -0.39 is 11.2 Å². The van der Waals surface area contributed by atoms with Crippen LogP contribution < -0.4 is 0 Å². The molecule has 0 spiro atoms. The summed E-state index contributed by atoms with van der Waals surface area (Å²) in [6.07, 6.45) is 1.99. The van der Waals surface area contributed by atoms with Gasteiger partial charge in [0, 0.05) is 0 Å². The van der Waals surface area contributed by atoms with Gasteiger partial charge in [0.15, 0.2) is 0 Å². The molecular formula is C8H14O3S2. The SMILES string of the molecule is CCCCOC(=S)SC(C)C(=O)O. The summed E-state index contributed by atoms with van der Waals surface area (Å²) in [6.45, 7) is 4.22. The number of carbonyl (C=O) groups is 1. The standard InChI is InChI=1S/C8H14O3S2/c1-3-4-5-11-8(12)13-6(2)7(9)10/h6H,3-5H2,1-2H3,(H,9,10). The molecule has 0 saturated carbocycles. The minimum atomic E-state index is -0.869. The van der Waals surface area contributed by atoms with E-state index in [9.17, 15) is 4.79 Å². The molecule has 0 heterocycles. The van der Waals surface area contributed by atoms with Crippen molar-refractivity contribution in [1.82, 2.24) is 0 Å². The molecule has 0 aliphatic rings. The molecule has 76 valence electrons. The third-order valence-electron chi connectivity index (χ3n) is 1.34. The molecule has 0 aliphatic heterocycles. The van der Waals surface area contributed by atoms with E-state index in [2.05, 4.69) is 6.92 Å². The van der Waals surface area contributed by atoms with Crippen molar-refractivity contribution in [3.8, 4) is 0 Å². The van der Waals surface area contributed by atoms with Crippen LogP contribution in [0.1, 0.15) is 26.7 Å². The number of aliphatic carboxylic acids is 1. The van der Waals surface area contributed by atoms with E-state index in [1.54, 1.807) is 6.92 Å². The highest BCUT2D eigenvalue weighted by Crippen LogP contribution is 2.14. The van der Waals surface area contributed by atoms with Crippen molar-refractivity contribution >= 4 is 34.3 Å². The number of carboxylic acid groups (broad SMARTS) is 1. The van der Waals surface area contributed by atoms with E-state index in [4.69, 9.17) is 22.1 Å². The van der Waals surface area contributed by atoms with Gasteiger partial charge in [0.1, 0.15) is 5.25 Å². The van der Waals surface area contributed by atoms with Gasteiger partial charge in [-0.05, 0) is 25.6 Å². The third kappa shape index (κ3) is 6.83. The monoisotopic (exact) mass is 222 g/mol. The van der Waals surface area contributed by atoms with Crippen molar-refractivity contribution in [1.29, 1.82) is 0 Å². The molecular weight excluding hydrogens is 208 g/mol. The third-order valence-corrected chi connectivity index (χ3v) is 2.61. The van der Waals surface area contributed by atoms with Gasteiger partial charge in [-0.3, -0.25) is 4.79 Å². The van der Waals surface area contributed by atoms with E-state index in [0.29, 0.717) is 11.0 Å². The van der Waals surface area contributed by atoms with Crippen LogP contribution in [0, 0.1) is 0 Å². The minimum Gasteiger partial charge on any atom is -0.480 e. The molecule has 0 saturated heterocycles. The lowest BCUT2D eigenvalue weighted by Gasteiger charge is -2.08. The highest BCUT2D eigenvalue weighted by Gasteiger charge is 2.14. The molecule has 1 unspecified atom stereocenters. The Labute approximate surface area is 87.8 Å². The molecule has 0 bridgehead atoms. The molecule has 0 amide bonds. The topological polar surface area (TPSA) is 46.5 Å². The molecule has 1 N–H and O–H groups in total. The van der Waals surface area contributed by atoms with E-state index in [-0.39, 0.29) is 0 Å². The van der Waals surface area contributed by atoms with Crippen LogP contribution in [0.4, 0.5) is 0 Å². The lowest BCUT2D eigenvalue weighted by atomic mass is 10.4. The summed E-state index contributed by atoms with van der Waals surface area (Å²) in [5.74, 6) is -0.869. The van der Waals surface area contributed by atoms with E-state index in [1.807, 2.05) is 0 Å². The van der Waals surface area contributed by atoms with Crippen LogP contribution in [0.3, 0.4) is 0 Å². The van der Waals surface area contributed by atoms with Crippen LogP contribution in [0.15, 0.2) is 0 Å². The minimum absolute atomic E-state index is 0.323. The zero-order chi connectivity index (χ0) is 10.3. The molecule has 0 aliphatic carbocycles. The van der Waals surface area contributed by atoms with Gasteiger partial charge in [-0.2, -0.15) is 0 Å². The molecule has 0 aromatic rings. The summed E-state index contributed by atoms with van der Waals surface area (Å²) in [4.78, 5) is 10.4.